The third-order valence-electron chi connectivity index (χ3n) is 6.24. The van der Waals surface area contributed by atoms with Gasteiger partial charge in [0.1, 0.15) is 5.75 Å². The summed E-state index contributed by atoms with van der Waals surface area (Å²) in [6, 6.07) is 10.9. The maximum Gasteiger partial charge on any atom is 0.163 e. The number of benzene rings is 1. The summed E-state index contributed by atoms with van der Waals surface area (Å²) in [4.78, 5) is 9.09. The Morgan fingerprint density at radius 3 is 2.06 bits per heavy atom. The zero-order valence-corrected chi connectivity index (χ0v) is 22.6. The summed E-state index contributed by atoms with van der Waals surface area (Å²) < 4.78 is 12.0. The summed E-state index contributed by atoms with van der Waals surface area (Å²) >= 11 is 0. The van der Waals surface area contributed by atoms with Crippen LogP contribution in [0.15, 0.2) is 36.7 Å². The Morgan fingerprint density at radius 2 is 1.30 bits per heavy atom. The van der Waals surface area contributed by atoms with E-state index < -0.39 is 8.07 Å². The Balaban J connectivity index is 1.77. The SMILES string of the molecule is CCCCCCCCOc1cnc(-c2ccccc2OCCCC[Si](C)(C)CCCC)nc1. The summed E-state index contributed by atoms with van der Waals surface area (Å²) in [5.41, 5.74) is 0.942. The van der Waals surface area contributed by atoms with E-state index in [-0.39, 0.29) is 0 Å². The van der Waals surface area contributed by atoms with Gasteiger partial charge in [-0.25, -0.2) is 9.97 Å². The van der Waals surface area contributed by atoms with Crippen molar-refractivity contribution in [3.63, 3.8) is 0 Å². The third-order valence-corrected chi connectivity index (χ3v) is 9.65. The summed E-state index contributed by atoms with van der Waals surface area (Å²) in [5.74, 6) is 2.28. The van der Waals surface area contributed by atoms with Crippen molar-refractivity contribution >= 4 is 8.07 Å². The number of ether oxygens (including phenoxy) is 2. The molecule has 184 valence electrons. The molecule has 1 aromatic carbocycles. The summed E-state index contributed by atoms with van der Waals surface area (Å²) in [6.07, 6.45) is 16.1. The molecule has 0 atom stereocenters. The van der Waals surface area contributed by atoms with E-state index >= 15 is 0 Å². The quantitative estimate of drug-likeness (QED) is 0.162. The minimum atomic E-state index is -1.03. The van der Waals surface area contributed by atoms with E-state index in [4.69, 9.17) is 9.47 Å². The molecular formula is C28H46N2O2Si. The van der Waals surface area contributed by atoms with Crippen LogP contribution >= 0.6 is 0 Å². The van der Waals surface area contributed by atoms with E-state index in [1.165, 1.54) is 63.5 Å². The molecule has 0 bridgehead atoms. The lowest BCUT2D eigenvalue weighted by Crippen LogP contribution is -2.24. The minimum Gasteiger partial charge on any atom is -0.493 e. The van der Waals surface area contributed by atoms with Crippen molar-refractivity contribution < 1.29 is 9.47 Å². The van der Waals surface area contributed by atoms with Gasteiger partial charge in [-0.15, -0.1) is 0 Å². The molecule has 0 saturated carbocycles. The molecule has 0 aliphatic carbocycles. The van der Waals surface area contributed by atoms with E-state index in [0.29, 0.717) is 5.82 Å². The lowest BCUT2D eigenvalue weighted by Gasteiger charge is -2.22. The first-order chi connectivity index (χ1) is 16.1. The standard InChI is InChI=1S/C28H46N2O2Si/c1-5-7-9-10-11-14-19-31-25-23-29-28(30-24-25)26-17-12-13-18-27(26)32-20-15-16-22-33(3,4)21-8-6-2/h12-13,17-18,23-24H,5-11,14-16,19-22H2,1-4H3. The Hall–Kier alpha value is -1.88. The molecule has 0 spiro atoms. The average Bonchev–Trinajstić information content (AvgIpc) is 2.83. The molecule has 5 heteroatoms. The first kappa shape index (κ1) is 27.4. The zero-order chi connectivity index (χ0) is 23.8. The van der Waals surface area contributed by atoms with E-state index in [0.717, 1.165) is 43.1 Å². The van der Waals surface area contributed by atoms with Crippen molar-refractivity contribution in [1.82, 2.24) is 9.97 Å². The fourth-order valence-corrected chi connectivity index (χ4v) is 6.82. The summed E-state index contributed by atoms with van der Waals surface area (Å²) in [7, 11) is -1.03. The minimum absolute atomic E-state index is 0.686. The second kappa shape index (κ2) is 15.9. The first-order valence-electron chi connectivity index (χ1n) is 13.2. The molecule has 2 rings (SSSR count). The van der Waals surface area contributed by atoms with Gasteiger partial charge in [-0.1, -0.05) is 103 Å². The molecule has 0 N–H and O–H groups in total. The number of rotatable bonds is 18. The lowest BCUT2D eigenvalue weighted by atomic mass is 10.1. The highest BCUT2D eigenvalue weighted by Gasteiger charge is 2.18. The fraction of sp³-hybridized carbons (Fsp3) is 0.643. The Kier molecular flexibility index (Phi) is 13.2. The highest BCUT2D eigenvalue weighted by atomic mass is 28.3. The zero-order valence-electron chi connectivity index (χ0n) is 21.6. The van der Waals surface area contributed by atoms with E-state index in [1.54, 1.807) is 12.4 Å². The molecule has 2 aromatic rings. The number of aromatic nitrogens is 2. The number of nitrogens with zero attached hydrogens (tertiary/aromatic N) is 2. The smallest absolute Gasteiger partial charge is 0.163 e. The normalized spacial score (nSPS) is 11.5. The van der Waals surface area contributed by atoms with Gasteiger partial charge in [-0.3, -0.25) is 0 Å². The molecule has 0 fully saturated rings. The van der Waals surface area contributed by atoms with Crippen LogP contribution in [-0.2, 0) is 0 Å². The first-order valence-corrected chi connectivity index (χ1v) is 16.6. The maximum atomic E-state index is 6.14. The van der Waals surface area contributed by atoms with Crippen LogP contribution in [0.3, 0.4) is 0 Å². The maximum absolute atomic E-state index is 6.14. The van der Waals surface area contributed by atoms with E-state index in [9.17, 15) is 0 Å². The molecule has 0 saturated heterocycles. The Bertz CT molecular complexity index is 765. The molecule has 0 amide bonds. The second-order valence-corrected chi connectivity index (χ2v) is 15.3. The average molecular weight is 471 g/mol. The summed E-state index contributed by atoms with van der Waals surface area (Å²) in [5, 5.41) is 0. The van der Waals surface area contributed by atoms with Gasteiger partial charge in [0, 0.05) is 8.07 Å². The molecule has 4 nitrogen and oxygen atoms in total. The van der Waals surface area contributed by atoms with Gasteiger partial charge < -0.3 is 9.47 Å². The van der Waals surface area contributed by atoms with Crippen molar-refractivity contribution in [3.8, 4) is 22.9 Å². The van der Waals surface area contributed by atoms with Gasteiger partial charge in [0.2, 0.25) is 0 Å². The molecule has 33 heavy (non-hydrogen) atoms. The van der Waals surface area contributed by atoms with Crippen molar-refractivity contribution in [1.29, 1.82) is 0 Å². The lowest BCUT2D eigenvalue weighted by molar-refractivity contribution is 0.302. The van der Waals surface area contributed by atoms with Crippen LogP contribution in [0, 0.1) is 0 Å². The van der Waals surface area contributed by atoms with E-state index in [2.05, 4.69) is 36.9 Å². The van der Waals surface area contributed by atoms with Crippen molar-refractivity contribution in [2.24, 2.45) is 0 Å². The molecule has 1 heterocycles. The molecule has 0 aliphatic heterocycles. The Labute approximate surface area is 203 Å². The monoisotopic (exact) mass is 470 g/mol. The van der Waals surface area contributed by atoms with Crippen LogP contribution in [-0.4, -0.2) is 31.3 Å². The van der Waals surface area contributed by atoms with Crippen LogP contribution in [0.1, 0.15) is 78.1 Å². The molecule has 0 unspecified atom stereocenters. The van der Waals surface area contributed by atoms with Gasteiger partial charge in [-0.05, 0) is 25.0 Å². The highest BCUT2D eigenvalue weighted by Crippen LogP contribution is 2.28. The van der Waals surface area contributed by atoms with Crippen LogP contribution in [0.2, 0.25) is 25.2 Å². The van der Waals surface area contributed by atoms with Gasteiger partial charge in [-0.2, -0.15) is 0 Å². The highest BCUT2D eigenvalue weighted by molar-refractivity contribution is 6.77. The number of hydrogen-bond donors (Lipinski definition) is 0. The second-order valence-electron chi connectivity index (χ2n) is 9.93. The van der Waals surface area contributed by atoms with Crippen LogP contribution < -0.4 is 9.47 Å². The topological polar surface area (TPSA) is 44.2 Å². The predicted octanol–water partition coefficient (Wildman–Crippen LogP) is 8.55. The van der Waals surface area contributed by atoms with Crippen LogP contribution in [0.5, 0.6) is 11.5 Å². The van der Waals surface area contributed by atoms with Crippen LogP contribution in [0.25, 0.3) is 11.4 Å². The number of unbranched alkanes of at least 4 members (excludes halogenated alkanes) is 7. The Morgan fingerprint density at radius 1 is 0.697 bits per heavy atom. The van der Waals surface area contributed by atoms with Crippen LogP contribution in [0.4, 0.5) is 0 Å². The molecular weight excluding hydrogens is 424 g/mol. The largest absolute Gasteiger partial charge is 0.493 e. The summed E-state index contributed by atoms with van der Waals surface area (Å²) in [6.45, 7) is 11.1. The van der Waals surface area contributed by atoms with Gasteiger partial charge in [0.25, 0.3) is 0 Å². The third kappa shape index (κ3) is 11.2. The van der Waals surface area contributed by atoms with Gasteiger partial charge >= 0.3 is 0 Å². The van der Waals surface area contributed by atoms with Gasteiger partial charge in [0.05, 0.1) is 31.2 Å². The molecule has 0 aliphatic rings. The van der Waals surface area contributed by atoms with Crippen molar-refractivity contribution in [2.45, 2.75) is 103 Å². The van der Waals surface area contributed by atoms with E-state index in [1.807, 2.05) is 24.3 Å². The fourth-order valence-electron chi connectivity index (χ4n) is 4.05. The van der Waals surface area contributed by atoms with Crippen molar-refractivity contribution in [2.75, 3.05) is 13.2 Å². The number of para-hydroxylation sites is 1. The van der Waals surface area contributed by atoms with Crippen molar-refractivity contribution in [3.05, 3.63) is 36.7 Å². The molecule has 0 radical (unpaired) electrons. The predicted molar refractivity (Wildman–Crippen MR) is 143 cm³/mol. The number of hydrogen-bond acceptors (Lipinski definition) is 4. The molecule has 1 aromatic heterocycles. The van der Waals surface area contributed by atoms with Gasteiger partial charge in [0.15, 0.2) is 11.6 Å².